The lowest BCUT2D eigenvalue weighted by atomic mass is 10.3. The van der Waals surface area contributed by atoms with E-state index in [0.29, 0.717) is 0 Å². The van der Waals surface area contributed by atoms with Crippen molar-refractivity contribution in [3.63, 3.8) is 0 Å². The first-order valence-electron chi connectivity index (χ1n) is 2.97. The predicted molar refractivity (Wildman–Crippen MR) is 50.9 cm³/mol. The standard InChI is InChI=1S/C7H6BrF2N.ClH/c1-11-7-3-5(9)4(8)2-6(7)10;/h2-3,11H,1H3;1H. The predicted octanol–water partition coefficient (Wildman–Crippen LogP) is 3.19. The van der Waals surface area contributed by atoms with Crippen molar-refractivity contribution >= 4 is 34.0 Å². The molecule has 5 heteroatoms. The quantitative estimate of drug-likeness (QED) is 0.763. The summed E-state index contributed by atoms with van der Waals surface area (Å²) >= 11 is 2.87. The molecule has 0 heterocycles. The van der Waals surface area contributed by atoms with E-state index in [0.717, 1.165) is 12.1 Å². The van der Waals surface area contributed by atoms with Crippen LogP contribution >= 0.6 is 28.3 Å². The van der Waals surface area contributed by atoms with Gasteiger partial charge in [-0.1, -0.05) is 0 Å². The lowest BCUT2D eigenvalue weighted by Crippen LogP contribution is -1.93. The van der Waals surface area contributed by atoms with Crippen molar-refractivity contribution < 1.29 is 8.78 Å². The van der Waals surface area contributed by atoms with Crippen molar-refractivity contribution in [1.82, 2.24) is 0 Å². The molecule has 0 aromatic heterocycles. The first kappa shape index (κ1) is 11.6. The minimum absolute atomic E-state index is 0. The third-order valence-corrected chi connectivity index (χ3v) is 1.89. The molecule has 0 saturated carbocycles. The molecule has 0 saturated heterocycles. The molecule has 68 valence electrons. The van der Waals surface area contributed by atoms with Crippen molar-refractivity contribution in [3.05, 3.63) is 28.2 Å². The largest absolute Gasteiger partial charge is 0.386 e. The molecule has 0 atom stereocenters. The van der Waals surface area contributed by atoms with Gasteiger partial charge in [0.15, 0.2) is 0 Å². The maximum absolute atomic E-state index is 12.8. The molecule has 1 N–H and O–H groups in total. The van der Waals surface area contributed by atoms with Crippen LogP contribution in [-0.2, 0) is 0 Å². The lowest BCUT2D eigenvalue weighted by Gasteiger charge is -2.02. The summed E-state index contributed by atoms with van der Waals surface area (Å²) in [5, 5.41) is 2.53. The molecule has 0 bridgehead atoms. The lowest BCUT2D eigenvalue weighted by molar-refractivity contribution is 0.597. The van der Waals surface area contributed by atoms with Crippen LogP contribution < -0.4 is 5.32 Å². The van der Waals surface area contributed by atoms with Crippen molar-refractivity contribution in [2.24, 2.45) is 0 Å². The van der Waals surface area contributed by atoms with E-state index < -0.39 is 11.6 Å². The monoisotopic (exact) mass is 257 g/mol. The molecule has 0 aliphatic carbocycles. The van der Waals surface area contributed by atoms with Gasteiger partial charge in [-0.15, -0.1) is 12.4 Å². The molecular formula is C7H7BrClF2N. The molecule has 1 nitrogen and oxygen atoms in total. The Kier molecular flexibility index (Phi) is 4.49. The van der Waals surface area contributed by atoms with E-state index in [1.807, 2.05) is 0 Å². The van der Waals surface area contributed by atoms with Crippen LogP contribution in [0.25, 0.3) is 0 Å². The maximum atomic E-state index is 12.8. The van der Waals surface area contributed by atoms with E-state index in [2.05, 4.69) is 21.2 Å². The van der Waals surface area contributed by atoms with E-state index in [9.17, 15) is 8.78 Å². The van der Waals surface area contributed by atoms with Gasteiger partial charge < -0.3 is 5.32 Å². The molecular weight excluding hydrogens is 251 g/mol. The summed E-state index contributed by atoms with van der Waals surface area (Å²) in [7, 11) is 1.53. The summed E-state index contributed by atoms with van der Waals surface area (Å²) in [6.07, 6.45) is 0. The van der Waals surface area contributed by atoms with E-state index in [-0.39, 0.29) is 22.6 Å². The highest BCUT2D eigenvalue weighted by Gasteiger charge is 2.05. The van der Waals surface area contributed by atoms with Gasteiger partial charge in [0.2, 0.25) is 0 Å². The van der Waals surface area contributed by atoms with Gasteiger partial charge >= 0.3 is 0 Å². The minimum atomic E-state index is -0.476. The third kappa shape index (κ3) is 2.32. The zero-order chi connectivity index (χ0) is 8.43. The molecule has 0 spiro atoms. The number of halogens is 4. The third-order valence-electron chi connectivity index (χ3n) is 1.28. The van der Waals surface area contributed by atoms with Crippen molar-refractivity contribution in [2.75, 3.05) is 12.4 Å². The zero-order valence-corrected chi connectivity index (χ0v) is 8.60. The normalized spacial score (nSPS) is 9.00. The highest BCUT2D eigenvalue weighted by Crippen LogP contribution is 2.22. The fraction of sp³-hybridized carbons (Fsp3) is 0.143. The first-order valence-corrected chi connectivity index (χ1v) is 3.76. The molecule has 0 aliphatic heterocycles. The average Bonchev–Trinajstić information content (AvgIpc) is 1.97. The molecule has 0 aliphatic rings. The summed E-state index contributed by atoms with van der Waals surface area (Å²) < 4.78 is 25.6. The molecule has 0 fully saturated rings. The second kappa shape index (κ2) is 4.62. The number of hydrogen-bond acceptors (Lipinski definition) is 1. The fourth-order valence-corrected chi connectivity index (χ4v) is 1.03. The van der Waals surface area contributed by atoms with Crippen molar-refractivity contribution in [1.29, 1.82) is 0 Å². The van der Waals surface area contributed by atoms with Crippen LogP contribution in [0, 0.1) is 11.6 Å². The average molecular weight is 258 g/mol. The first-order chi connectivity index (χ1) is 5.15. The SMILES string of the molecule is CNc1cc(F)c(Br)cc1F.Cl. The van der Waals surface area contributed by atoms with Gasteiger partial charge in [-0.3, -0.25) is 0 Å². The van der Waals surface area contributed by atoms with Gasteiger partial charge in [0.1, 0.15) is 11.6 Å². The molecule has 12 heavy (non-hydrogen) atoms. The number of hydrogen-bond donors (Lipinski definition) is 1. The summed E-state index contributed by atoms with van der Waals surface area (Å²) in [6, 6.07) is 2.18. The topological polar surface area (TPSA) is 12.0 Å². The van der Waals surface area contributed by atoms with Crippen LogP contribution in [0.15, 0.2) is 16.6 Å². The van der Waals surface area contributed by atoms with Gasteiger partial charge in [0, 0.05) is 13.1 Å². The summed E-state index contributed by atoms with van der Waals surface area (Å²) in [5.41, 5.74) is 0.158. The Morgan fingerprint density at radius 3 is 2.33 bits per heavy atom. The Morgan fingerprint density at radius 2 is 1.83 bits per heavy atom. The Bertz CT molecular complexity index is 280. The van der Waals surface area contributed by atoms with Crippen LogP contribution in [0.1, 0.15) is 0 Å². The smallest absolute Gasteiger partial charge is 0.147 e. The van der Waals surface area contributed by atoms with Gasteiger partial charge in [-0.25, -0.2) is 8.78 Å². The van der Waals surface area contributed by atoms with Crippen LogP contribution in [0.3, 0.4) is 0 Å². The number of anilines is 1. The van der Waals surface area contributed by atoms with Crippen LogP contribution in [0.2, 0.25) is 0 Å². The second-order valence-electron chi connectivity index (χ2n) is 2.00. The van der Waals surface area contributed by atoms with E-state index in [1.54, 1.807) is 0 Å². The summed E-state index contributed by atoms with van der Waals surface area (Å²) in [5.74, 6) is -0.948. The molecule has 1 aromatic carbocycles. The van der Waals surface area contributed by atoms with Crippen molar-refractivity contribution in [2.45, 2.75) is 0 Å². The molecule has 1 rings (SSSR count). The van der Waals surface area contributed by atoms with Gasteiger partial charge in [-0.05, 0) is 22.0 Å². The number of benzene rings is 1. The van der Waals surface area contributed by atoms with Crippen LogP contribution in [0.4, 0.5) is 14.5 Å². The van der Waals surface area contributed by atoms with Gasteiger partial charge in [-0.2, -0.15) is 0 Å². The molecule has 0 amide bonds. The highest BCUT2D eigenvalue weighted by atomic mass is 79.9. The van der Waals surface area contributed by atoms with E-state index >= 15 is 0 Å². The van der Waals surface area contributed by atoms with Crippen LogP contribution in [-0.4, -0.2) is 7.05 Å². The summed E-state index contributed by atoms with van der Waals surface area (Å²) in [4.78, 5) is 0. The maximum Gasteiger partial charge on any atom is 0.147 e. The molecule has 0 unspecified atom stereocenters. The molecule has 0 radical (unpaired) electrons. The number of nitrogens with one attached hydrogen (secondary N) is 1. The van der Waals surface area contributed by atoms with Gasteiger partial charge in [0.25, 0.3) is 0 Å². The van der Waals surface area contributed by atoms with E-state index in [4.69, 9.17) is 0 Å². The van der Waals surface area contributed by atoms with Crippen molar-refractivity contribution in [3.8, 4) is 0 Å². The Hall–Kier alpha value is -0.350. The molecule has 1 aromatic rings. The second-order valence-corrected chi connectivity index (χ2v) is 2.85. The Balaban J connectivity index is 0.00000121. The van der Waals surface area contributed by atoms with E-state index in [1.165, 1.54) is 7.05 Å². The Morgan fingerprint density at radius 1 is 1.25 bits per heavy atom. The van der Waals surface area contributed by atoms with Gasteiger partial charge in [0.05, 0.1) is 10.2 Å². The highest BCUT2D eigenvalue weighted by molar-refractivity contribution is 9.10. The summed E-state index contributed by atoms with van der Waals surface area (Å²) in [6.45, 7) is 0. The van der Waals surface area contributed by atoms with Crippen LogP contribution in [0.5, 0.6) is 0 Å². The minimum Gasteiger partial charge on any atom is -0.386 e. The fourth-order valence-electron chi connectivity index (χ4n) is 0.714. The zero-order valence-electron chi connectivity index (χ0n) is 6.20. The number of rotatable bonds is 1. The Labute approximate surface area is 83.7 Å².